The summed E-state index contributed by atoms with van der Waals surface area (Å²) < 4.78 is 33.1. The molecule has 3 rings (SSSR count). The van der Waals surface area contributed by atoms with E-state index in [4.69, 9.17) is 4.74 Å². The predicted molar refractivity (Wildman–Crippen MR) is 85.4 cm³/mol. The number of nitrogens with zero attached hydrogens (tertiary/aromatic N) is 1. The molecule has 2 aromatic rings. The van der Waals surface area contributed by atoms with Crippen molar-refractivity contribution in [2.45, 2.75) is 25.3 Å². The summed E-state index contributed by atoms with van der Waals surface area (Å²) >= 11 is 0. The number of sulfonamides is 1. The quantitative estimate of drug-likeness (QED) is 0.855. The minimum atomic E-state index is -3.52. The van der Waals surface area contributed by atoms with Crippen molar-refractivity contribution in [3.63, 3.8) is 0 Å². The number of hydrogen-bond donors (Lipinski definition) is 0. The van der Waals surface area contributed by atoms with Crippen LogP contribution in [0.2, 0.25) is 0 Å². The Labute approximate surface area is 131 Å². The maximum Gasteiger partial charge on any atom is 0.243 e. The molecule has 0 fully saturated rings. The van der Waals surface area contributed by atoms with Crippen LogP contribution in [0.1, 0.15) is 16.7 Å². The Kier molecular flexibility index (Phi) is 3.93. The fourth-order valence-corrected chi connectivity index (χ4v) is 4.34. The van der Waals surface area contributed by atoms with Crippen LogP contribution in [0.15, 0.2) is 47.4 Å². The molecule has 0 unspecified atom stereocenters. The van der Waals surface area contributed by atoms with Crippen molar-refractivity contribution in [2.24, 2.45) is 0 Å². The number of para-hydroxylation sites is 1. The minimum absolute atomic E-state index is 0.339. The molecule has 1 aliphatic rings. The van der Waals surface area contributed by atoms with E-state index in [0.29, 0.717) is 24.6 Å². The molecule has 0 amide bonds. The molecule has 0 bridgehead atoms. The van der Waals surface area contributed by atoms with E-state index in [9.17, 15) is 8.42 Å². The summed E-state index contributed by atoms with van der Waals surface area (Å²) in [5, 5.41) is 0. The van der Waals surface area contributed by atoms with Crippen LogP contribution >= 0.6 is 0 Å². The molecule has 22 heavy (non-hydrogen) atoms. The molecule has 5 heteroatoms. The smallest absolute Gasteiger partial charge is 0.243 e. The molecule has 0 spiro atoms. The molecule has 1 aliphatic heterocycles. The summed E-state index contributed by atoms with van der Waals surface area (Å²) in [6, 6.07) is 13.0. The Morgan fingerprint density at radius 1 is 1.09 bits per heavy atom. The Hall–Kier alpha value is -1.85. The first kappa shape index (κ1) is 15.1. The van der Waals surface area contributed by atoms with E-state index in [1.54, 1.807) is 6.07 Å². The lowest BCUT2D eigenvalue weighted by atomic mass is 10.2. The Morgan fingerprint density at radius 2 is 1.86 bits per heavy atom. The Morgan fingerprint density at radius 3 is 2.64 bits per heavy atom. The van der Waals surface area contributed by atoms with Crippen LogP contribution in [0.25, 0.3) is 0 Å². The zero-order valence-electron chi connectivity index (χ0n) is 12.7. The normalized spacial score (nSPS) is 15.7. The molecule has 0 aliphatic carbocycles. The molecule has 0 saturated heterocycles. The second kappa shape index (κ2) is 5.74. The van der Waals surface area contributed by atoms with Crippen molar-refractivity contribution in [2.75, 3.05) is 13.2 Å². The fraction of sp³-hybridized carbons (Fsp3) is 0.294. The highest BCUT2D eigenvalue weighted by atomic mass is 32.2. The highest BCUT2D eigenvalue weighted by Crippen LogP contribution is 2.27. The summed E-state index contributed by atoms with van der Waals surface area (Å²) in [5.41, 5.74) is 2.73. The van der Waals surface area contributed by atoms with E-state index in [1.165, 1.54) is 4.31 Å². The summed E-state index contributed by atoms with van der Waals surface area (Å²) in [7, 11) is -3.52. The van der Waals surface area contributed by atoms with Gasteiger partial charge in [-0.2, -0.15) is 4.31 Å². The number of ether oxygens (including phenoxy) is 1. The first-order chi connectivity index (χ1) is 10.5. The lowest BCUT2D eigenvalue weighted by Crippen LogP contribution is -2.33. The van der Waals surface area contributed by atoms with Crippen LogP contribution in [-0.4, -0.2) is 25.9 Å². The number of benzene rings is 2. The van der Waals surface area contributed by atoms with Gasteiger partial charge in [0.2, 0.25) is 10.0 Å². The van der Waals surface area contributed by atoms with Crippen molar-refractivity contribution in [1.29, 1.82) is 0 Å². The van der Waals surface area contributed by atoms with E-state index in [1.807, 2.05) is 50.2 Å². The van der Waals surface area contributed by atoms with Gasteiger partial charge >= 0.3 is 0 Å². The van der Waals surface area contributed by atoms with Crippen molar-refractivity contribution < 1.29 is 13.2 Å². The highest BCUT2D eigenvalue weighted by molar-refractivity contribution is 7.89. The van der Waals surface area contributed by atoms with Crippen molar-refractivity contribution in [1.82, 2.24) is 4.31 Å². The first-order valence-corrected chi connectivity index (χ1v) is 8.70. The van der Waals surface area contributed by atoms with Crippen LogP contribution in [-0.2, 0) is 16.6 Å². The maximum absolute atomic E-state index is 13.0. The third-order valence-electron chi connectivity index (χ3n) is 3.87. The van der Waals surface area contributed by atoms with Gasteiger partial charge in [-0.1, -0.05) is 35.9 Å². The standard InChI is InChI=1S/C17H19NO3S/c1-13-7-8-17(14(2)11-13)22(19,20)18-9-10-21-16-6-4-3-5-15(16)12-18/h3-8,11H,9-10,12H2,1-2H3. The summed E-state index contributed by atoms with van der Waals surface area (Å²) in [6.45, 7) is 4.85. The van der Waals surface area contributed by atoms with Gasteiger partial charge in [0.1, 0.15) is 12.4 Å². The average Bonchev–Trinajstić information content (AvgIpc) is 2.69. The van der Waals surface area contributed by atoms with Gasteiger partial charge in [0.25, 0.3) is 0 Å². The Bertz CT molecular complexity index is 799. The second-order valence-corrected chi connectivity index (χ2v) is 7.47. The van der Waals surface area contributed by atoms with Gasteiger partial charge in [-0.05, 0) is 31.5 Å². The molecule has 0 aromatic heterocycles. The van der Waals surface area contributed by atoms with Crippen LogP contribution in [0, 0.1) is 13.8 Å². The lowest BCUT2D eigenvalue weighted by molar-refractivity contribution is 0.293. The van der Waals surface area contributed by atoms with Gasteiger partial charge in [0, 0.05) is 18.7 Å². The topological polar surface area (TPSA) is 46.6 Å². The predicted octanol–water partition coefficient (Wildman–Crippen LogP) is 2.89. The Balaban J connectivity index is 1.99. The number of aryl methyl sites for hydroxylation is 2. The van der Waals surface area contributed by atoms with Crippen LogP contribution in [0.4, 0.5) is 0 Å². The van der Waals surface area contributed by atoms with E-state index in [2.05, 4.69) is 0 Å². The summed E-state index contributed by atoms with van der Waals surface area (Å²) in [4.78, 5) is 0.373. The third kappa shape index (κ3) is 2.74. The van der Waals surface area contributed by atoms with E-state index in [-0.39, 0.29) is 0 Å². The molecular weight excluding hydrogens is 298 g/mol. The minimum Gasteiger partial charge on any atom is -0.492 e. The molecule has 1 heterocycles. The van der Waals surface area contributed by atoms with E-state index in [0.717, 1.165) is 22.4 Å². The third-order valence-corrected chi connectivity index (χ3v) is 5.87. The van der Waals surface area contributed by atoms with Crippen LogP contribution in [0.5, 0.6) is 5.75 Å². The van der Waals surface area contributed by atoms with Crippen LogP contribution < -0.4 is 4.74 Å². The van der Waals surface area contributed by atoms with Crippen molar-refractivity contribution in [3.05, 3.63) is 59.2 Å². The molecule has 0 N–H and O–H groups in total. The average molecular weight is 317 g/mol. The molecule has 0 saturated carbocycles. The van der Waals surface area contributed by atoms with Crippen LogP contribution in [0.3, 0.4) is 0 Å². The van der Waals surface area contributed by atoms with Gasteiger partial charge < -0.3 is 4.74 Å². The van der Waals surface area contributed by atoms with Crippen molar-refractivity contribution >= 4 is 10.0 Å². The monoisotopic (exact) mass is 317 g/mol. The highest BCUT2D eigenvalue weighted by Gasteiger charge is 2.28. The molecule has 4 nitrogen and oxygen atoms in total. The summed E-state index contributed by atoms with van der Waals surface area (Å²) in [6.07, 6.45) is 0. The molecule has 116 valence electrons. The zero-order chi connectivity index (χ0) is 15.7. The van der Waals surface area contributed by atoms with Gasteiger partial charge in [-0.3, -0.25) is 0 Å². The maximum atomic E-state index is 13.0. The van der Waals surface area contributed by atoms with Gasteiger partial charge in [0.15, 0.2) is 0 Å². The first-order valence-electron chi connectivity index (χ1n) is 7.26. The lowest BCUT2D eigenvalue weighted by Gasteiger charge is -2.21. The van der Waals surface area contributed by atoms with E-state index < -0.39 is 10.0 Å². The SMILES string of the molecule is Cc1ccc(S(=O)(=O)N2CCOc3ccccc3C2)c(C)c1. The molecular formula is C17H19NO3S. The van der Waals surface area contributed by atoms with Gasteiger partial charge in [0.05, 0.1) is 4.90 Å². The summed E-state index contributed by atoms with van der Waals surface area (Å²) in [5.74, 6) is 0.765. The second-order valence-electron chi connectivity index (χ2n) is 5.56. The number of hydrogen-bond acceptors (Lipinski definition) is 3. The molecule has 0 radical (unpaired) electrons. The van der Waals surface area contributed by atoms with Crippen molar-refractivity contribution in [3.8, 4) is 5.75 Å². The zero-order valence-corrected chi connectivity index (χ0v) is 13.6. The van der Waals surface area contributed by atoms with Gasteiger partial charge in [-0.25, -0.2) is 8.42 Å². The molecule has 0 atom stereocenters. The van der Waals surface area contributed by atoms with E-state index >= 15 is 0 Å². The largest absolute Gasteiger partial charge is 0.492 e. The fourth-order valence-electron chi connectivity index (χ4n) is 2.73. The number of rotatable bonds is 2. The van der Waals surface area contributed by atoms with Gasteiger partial charge in [-0.15, -0.1) is 0 Å². The molecule has 2 aromatic carbocycles. The number of fused-ring (bicyclic) bond motifs is 1.